The first kappa shape index (κ1) is 16.7. The molecule has 3 N–H and O–H groups in total. The van der Waals surface area contributed by atoms with E-state index in [0.29, 0.717) is 5.75 Å². The lowest BCUT2D eigenvalue weighted by molar-refractivity contribution is -0.268. The molecule has 0 amide bonds. The topological polar surface area (TPSA) is 105 Å². The fourth-order valence-electron chi connectivity index (χ4n) is 2.17. The van der Waals surface area contributed by atoms with E-state index in [9.17, 15) is 20.1 Å². The summed E-state index contributed by atoms with van der Waals surface area (Å²) in [6.07, 6.45) is -5.46. The van der Waals surface area contributed by atoms with Crippen LogP contribution in [-0.2, 0) is 20.7 Å². The number of carbonyl (C=O) groups is 1. The molecule has 1 fully saturated rings. The second-order valence-corrected chi connectivity index (χ2v) is 5.20. The molecular weight excluding hydrogens is 292 g/mol. The molecule has 0 bridgehead atoms. The molecule has 22 heavy (non-hydrogen) atoms. The molecule has 0 radical (unpaired) electrons. The third-order valence-electron chi connectivity index (χ3n) is 3.56. The summed E-state index contributed by atoms with van der Waals surface area (Å²) in [6, 6.07) is 6.62. The molecule has 2 rings (SSSR count). The molecule has 1 heterocycles. The van der Waals surface area contributed by atoms with Crippen LogP contribution < -0.4 is 4.74 Å². The van der Waals surface area contributed by atoms with Gasteiger partial charge in [-0.15, -0.1) is 0 Å². The number of aliphatic hydroxyl groups excluding tert-OH is 3. The average molecular weight is 312 g/mol. The Labute approximate surface area is 128 Å². The molecule has 7 nitrogen and oxygen atoms in total. The predicted molar refractivity (Wildman–Crippen MR) is 75.1 cm³/mol. The van der Waals surface area contributed by atoms with E-state index in [4.69, 9.17) is 9.47 Å². The van der Waals surface area contributed by atoms with Crippen LogP contribution in [0.2, 0.25) is 0 Å². The zero-order chi connectivity index (χ0) is 16.3. The molecule has 7 heteroatoms. The van der Waals surface area contributed by atoms with Crippen molar-refractivity contribution in [2.24, 2.45) is 0 Å². The zero-order valence-corrected chi connectivity index (χ0v) is 12.4. The lowest BCUT2D eigenvalue weighted by Gasteiger charge is -2.38. The maximum atomic E-state index is 11.2. The van der Waals surface area contributed by atoms with Crippen molar-refractivity contribution in [2.75, 3.05) is 7.11 Å². The van der Waals surface area contributed by atoms with Gasteiger partial charge in [0.1, 0.15) is 24.1 Å². The summed E-state index contributed by atoms with van der Waals surface area (Å²) in [7, 11) is 1.32. The molecule has 1 aromatic rings. The molecule has 1 aromatic carbocycles. The van der Waals surface area contributed by atoms with Gasteiger partial charge in [-0.05, 0) is 24.6 Å². The van der Waals surface area contributed by atoms with E-state index in [0.717, 1.165) is 5.56 Å². The van der Waals surface area contributed by atoms with E-state index in [-0.39, 0.29) is 12.4 Å². The van der Waals surface area contributed by atoms with Crippen molar-refractivity contribution in [3.8, 4) is 5.75 Å². The second kappa shape index (κ2) is 7.06. The van der Waals surface area contributed by atoms with E-state index in [2.05, 4.69) is 4.74 Å². The normalized spacial score (nSPS) is 31.6. The summed E-state index contributed by atoms with van der Waals surface area (Å²) >= 11 is 0. The van der Waals surface area contributed by atoms with Crippen LogP contribution >= 0.6 is 0 Å². The molecular formula is C15H20O7. The third-order valence-corrected chi connectivity index (χ3v) is 3.56. The highest BCUT2D eigenvalue weighted by atomic mass is 16.7. The molecule has 0 saturated carbocycles. The highest BCUT2D eigenvalue weighted by Gasteiger charge is 2.43. The van der Waals surface area contributed by atoms with E-state index < -0.39 is 30.7 Å². The first-order chi connectivity index (χ1) is 10.4. The number of benzene rings is 1. The third kappa shape index (κ3) is 3.75. The van der Waals surface area contributed by atoms with Crippen molar-refractivity contribution in [3.05, 3.63) is 29.8 Å². The van der Waals surface area contributed by atoms with Gasteiger partial charge in [-0.1, -0.05) is 12.1 Å². The fraction of sp³-hybridized carbons (Fsp3) is 0.533. The summed E-state index contributed by atoms with van der Waals surface area (Å²) in [6.45, 7) is 1.58. The Morgan fingerprint density at radius 1 is 1.14 bits per heavy atom. The molecule has 1 aliphatic rings. The van der Waals surface area contributed by atoms with Crippen LogP contribution in [0.5, 0.6) is 5.75 Å². The van der Waals surface area contributed by atoms with Crippen molar-refractivity contribution < 1.29 is 34.3 Å². The zero-order valence-electron chi connectivity index (χ0n) is 12.4. The van der Waals surface area contributed by atoms with Crippen molar-refractivity contribution in [3.63, 3.8) is 0 Å². The van der Waals surface area contributed by atoms with Crippen LogP contribution in [0.1, 0.15) is 12.5 Å². The Hall–Kier alpha value is -1.67. The van der Waals surface area contributed by atoms with Gasteiger partial charge >= 0.3 is 5.97 Å². The van der Waals surface area contributed by atoms with Gasteiger partial charge in [-0.25, -0.2) is 0 Å². The van der Waals surface area contributed by atoms with Gasteiger partial charge in [0.25, 0.3) is 0 Å². The molecule has 0 spiro atoms. The van der Waals surface area contributed by atoms with E-state index in [1.165, 1.54) is 7.11 Å². The van der Waals surface area contributed by atoms with E-state index in [1.807, 2.05) is 0 Å². The molecule has 1 aliphatic heterocycles. The summed E-state index contributed by atoms with van der Waals surface area (Å²) in [4.78, 5) is 11.2. The molecule has 5 unspecified atom stereocenters. The fourth-order valence-corrected chi connectivity index (χ4v) is 2.17. The number of rotatable bonds is 4. The van der Waals surface area contributed by atoms with Crippen LogP contribution in [-0.4, -0.2) is 59.1 Å². The van der Waals surface area contributed by atoms with Crippen LogP contribution in [0.4, 0.5) is 0 Å². The van der Waals surface area contributed by atoms with Gasteiger partial charge in [0.15, 0.2) is 0 Å². The van der Waals surface area contributed by atoms with Gasteiger partial charge in [0.05, 0.1) is 19.6 Å². The monoisotopic (exact) mass is 312 g/mol. The van der Waals surface area contributed by atoms with Crippen molar-refractivity contribution in [1.82, 2.24) is 0 Å². The van der Waals surface area contributed by atoms with E-state index >= 15 is 0 Å². The first-order valence-corrected chi connectivity index (χ1v) is 6.94. The maximum Gasteiger partial charge on any atom is 0.309 e. The molecule has 1 saturated heterocycles. The van der Waals surface area contributed by atoms with Gasteiger partial charge < -0.3 is 29.5 Å². The Bertz CT molecular complexity index is 501. The van der Waals surface area contributed by atoms with Crippen molar-refractivity contribution >= 4 is 5.97 Å². The number of hydrogen-bond acceptors (Lipinski definition) is 7. The second-order valence-electron chi connectivity index (χ2n) is 5.20. The number of methoxy groups -OCH3 is 1. The smallest absolute Gasteiger partial charge is 0.309 e. The molecule has 0 aliphatic carbocycles. The molecule has 5 atom stereocenters. The van der Waals surface area contributed by atoms with Crippen LogP contribution in [0.25, 0.3) is 0 Å². The van der Waals surface area contributed by atoms with Gasteiger partial charge in [0, 0.05) is 0 Å². The highest BCUT2D eigenvalue weighted by Crippen LogP contribution is 2.24. The van der Waals surface area contributed by atoms with Crippen LogP contribution in [0.15, 0.2) is 24.3 Å². The van der Waals surface area contributed by atoms with Crippen LogP contribution in [0, 0.1) is 0 Å². The van der Waals surface area contributed by atoms with Crippen molar-refractivity contribution in [1.29, 1.82) is 0 Å². The quantitative estimate of drug-likeness (QED) is 0.650. The molecule has 0 aromatic heterocycles. The highest BCUT2D eigenvalue weighted by molar-refractivity contribution is 5.72. The lowest BCUT2D eigenvalue weighted by atomic mass is 10.00. The van der Waals surface area contributed by atoms with Gasteiger partial charge in [-0.2, -0.15) is 0 Å². The minimum Gasteiger partial charge on any atom is -0.469 e. The summed E-state index contributed by atoms with van der Waals surface area (Å²) in [5.41, 5.74) is 0.758. The Kier molecular flexibility index (Phi) is 5.36. The first-order valence-electron chi connectivity index (χ1n) is 6.94. The molecule has 122 valence electrons. The Morgan fingerprint density at radius 2 is 1.77 bits per heavy atom. The lowest BCUT2D eigenvalue weighted by Crippen LogP contribution is -2.58. The number of hydrogen-bond donors (Lipinski definition) is 3. The number of ether oxygens (including phenoxy) is 3. The Morgan fingerprint density at radius 3 is 2.36 bits per heavy atom. The average Bonchev–Trinajstić information content (AvgIpc) is 2.52. The predicted octanol–water partition coefficient (Wildman–Crippen LogP) is -0.392. The summed E-state index contributed by atoms with van der Waals surface area (Å²) in [5, 5.41) is 29.2. The summed E-state index contributed by atoms with van der Waals surface area (Å²) in [5.74, 6) is 0.0686. The summed E-state index contributed by atoms with van der Waals surface area (Å²) < 4.78 is 15.4. The van der Waals surface area contributed by atoms with Gasteiger partial charge in [-0.3, -0.25) is 4.79 Å². The minimum absolute atomic E-state index is 0.154. The SMILES string of the molecule is COC(=O)Cc1ccc(OC2OC(C)C(O)C(O)C2O)cc1. The number of esters is 1. The largest absolute Gasteiger partial charge is 0.469 e. The standard InChI is InChI=1S/C15H20O7/c1-8-12(17)13(18)14(19)15(21-8)22-10-5-3-9(4-6-10)7-11(16)20-2/h3-6,8,12-15,17-19H,7H2,1-2H3. The van der Waals surface area contributed by atoms with Crippen LogP contribution in [0.3, 0.4) is 0 Å². The number of aliphatic hydroxyl groups is 3. The minimum atomic E-state index is -1.36. The van der Waals surface area contributed by atoms with Crippen molar-refractivity contribution in [2.45, 2.75) is 44.1 Å². The number of carbonyl (C=O) groups excluding carboxylic acids is 1. The Balaban J connectivity index is 2.00. The maximum absolute atomic E-state index is 11.2. The van der Waals surface area contributed by atoms with Gasteiger partial charge in [0.2, 0.25) is 6.29 Å². The van der Waals surface area contributed by atoms with E-state index in [1.54, 1.807) is 31.2 Å².